The average molecular weight is 287 g/mol. The lowest BCUT2D eigenvalue weighted by atomic mass is 10.2. The van der Waals surface area contributed by atoms with Crippen LogP contribution in [0.4, 0.5) is 0 Å². The van der Waals surface area contributed by atoms with E-state index in [1.807, 2.05) is 24.6 Å². The van der Waals surface area contributed by atoms with Gasteiger partial charge >= 0.3 is 0 Å². The number of hydrogen-bond donors (Lipinski definition) is 1. The Labute approximate surface area is 115 Å². The predicted molar refractivity (Wildman–Crippen MR) is 75.0 cm³/mol. The summed E-state index contributed by atoms with van der Waals surface area (Å²) in [6.45, 7) is 2.07. The first kappa shape index (κ1) is 12.8. The van der Waals surface area contributed by atoms with Crippen LogP contribution in [0, 0.1) is 0 Å². The average Bonchev–Trinajstić information content (AvgIpc) is 2.77. The topological polar surface area (TPSA) is 24.9 Å². The van der Waals surface area contributed by atoms with Gasteiger partial charge in [-0.1, -0.05) is 23.2 Å². The van der Waals surface area contributed by atoms with E-state index in [-0.39, 0.29) is 6.04 Å². The zero-order valence-electron chi connectivity index (χ0n) is 9.50. The minimum absolute atomic E-state index is 0.242. The maximum atomic E-state index is 6.15. The minimum atomic E-state index is 0.242. The molecule has 0 saturated carbocycles. The highest BCUT2D eigenvalue weighted by atomic mass is 35.5. The van der Waals surface area contributed by atoms with Crippen LogP contribution in [0.15, 0.2) is 23.6 Å². The second-order valence-corrected chi connectivity index (χ2v) is 5.41. The molecule has 2 nitrogen and oxygen atoms in total. The van der Waals surface area contributed by atoms with Gasteiger partial charge in [0.25, 0.3) is 0 Å². The van der Waals surface area contributed by atoms with Crippen molar-refractivity contribution in [2.24, 2.45) is 0 Å². The van der Waals surface area contributed by atoms with Crippen molar-refractivity contribution in [1.29, 1.82) is 0 Å². The number of rotatable bonds is 3. The molecular formula is C12H12Cl2N2S. The number of nitrogens with one attached hydrogen (secondary N) is 1. The van der Waals surface area contributed by atoms with Crippen LogP contribution >= 0.6 is 34.5 Å². The highest BCUT2D eigenvalue weighted by molar-refractivity contribution is 7.13. The number of halogens is 2. The number of hydrogen-bond acceptors (Lipinski definition) is 3. The third-order valence-electron chi connectivity index (χ3n) is 2.56. The Kier molecular flexibility index (Phi) is 4.05. The maximum absolute atomic E-state index is 6.15. The van der Waals surface area contributed by atoms with Gasteiger partial charge < -0.3 is 5.32 Å². The Morgan fingerprint density at radius 3 is 2.76 bits per heavy atom. The fourth-order valence-corrected chi connectivity index (χ4v) is 2.93. The number of benzene rings is 1. The first-order chi connectivity index (χ1) is 8.11. The molecule has 90 valence electrons. The van der Waals surface area contributed by atoms with Crippen molar-refractivity contribution in [3.05, 3.63) is 39.3 Å². The Morgan fingerprint density at radius 2 is 2.12 bits per heavy atom. The van der Waals surface area contributed by atoms with Crippen LogP contribution < -0.4 is 5.32 Å². The molecule has 0 spiro atoms. The molecule has 2 aromatic rings. The van der Waals surface area contributed by atoms with Gasteiger partial charge in [0.1, 0.15) is 5.01 Å². The molecule has 17 heavy (non-hydrogen) atoms. The van der Waals surface area contributed by atoms with Crippen LogP contribution in [-0.4, -0.2) is 12.0 Å². The second-order valence-electron chi connectivity index (χ2n) is 3.71. The number of thiazole rings is 1. The van der Waals surface area contributed by atoms with E-state index in [4.69, 9.17) is 23.2 Å². The standard InChI is InChI=1S/C12H12Cl2N2S/c1-7(15-2)11-6-17-12(16-11)9-4-3-8(13)5-10(9)14/h3-7,15H,1-2H3. The van der Waals surface area contributed by atoms with E-state index in [1.165, 1.54) is 0 Å². The first-order valence-electron chi connectivity index (χ1n) is 5.20. The zero-order chi connectivity index (χ0) is 12.4. The van der Waals surface area contributed by atoms with E-state index in [0.29, 0.717) is 10.0 Å². The molecule has 0 fully saturated rings. The Hall–Kier alpha value is -0.610. The normalized spacial score (nSPS) is 12.7. The van der Waals surface area contributed by atoms with E-state index in [2.05, 4.69) is 17.2 Å². The van der Waals surface area contributed by atoms with Gasteiger partial charge in [-0.25, -0.2) is 4.98 Å². The van der Waals surface area contributed by atoms with Gasteiger partial charge in [0.05, 0.1) is 10.7 Å². The summed E-state index contributed by atoms with van der Waals surface area (Å²) in [6, 6.07) is 5.70. The molecule has 1 aromatic carbocycles. The van der Waals surface area contributed by atoms with E-state index < -0.39 is 0 Å². The molecular weight excluding hydrogens is 275 g/mol. The fourth-order valence-electron chi connectivity index (χ4n) is 1.42. The van der Waals surface area contributed by atoms with Crippen molar-refractivity contribution in [1.82, 2.24) is 10.3 Å². The second kappa shape index (κ2) is 5.36. The maximum Gasteiger partial charge on any atom is 0.125 e. The largest absolute Gasteiger partial charge is 0.312 e. The summed E-state index contributed by atoms with van der Waals surface area (Å²) in [5.41, 5.74) is 1.95. The third kappa shape index (κ3) is 2.80. The van der Waals surface area contributed by atoms with Gasteiger partial charge in [-0.2, -0.15) is 0 Å². The van der Waals surface area contributed by atoms with E-state index in [0.717, 1.165) is 16.3 Å². The van der Waals surface area contributed by atoms with Crippen molar-refractivity contribution in [3.8, 4) is 10.6 Å². The molecule has 0 aliphatic carbocycles. The molecule has 1 atom stereocenters. The number of aromatic nitrogens is 1. The summed E-state index contributed by atoms with van der Waals surface area (Å²) < 4.78 is 0. The fraction of sp³-hybridized carbons (Fsp3) is 0.250. The lowest BCUT2D eigenvalue weighted by Crippen LogP contribution is -2.12. The third-order valence-corrected chi connectivity index (χ3v) is 4.00. The van der Waals surface area contributed by atoms with Crippen molar-refractivity contribution in [3.63, 3.8) is 0 Å². The molecule has 1 heterocycles. The monoisotopic (exact) mass is 286 g/mol. The smallest absolute Gasteiger partial charge is 0.125 e. The summed E-state index contributed by atoms with van der Waals surface area (Å²) in [5, 5.41) is 7.40. The molecule has 1 aromatic heterocycles. The molecule has 0 bridgehead atoms. The van der Waals surface area contributed by atoms with Gasteiger partial charge in [-0.15, -0.1) is 11.3 Å². The highest BCUT2D eigenvalue weighted by Gasteiger charge is 2.11. The molecule has 1 unspecified atom stereocenters. The predicted octanol–water partition coefficient (Wildman–Crippen LogP) is 4.40. The highest BCUT2D eigenvalue weighted by Crippen LogP contribution is 2.33. The zero-order valence-corrected chi connectivity index (χ0v) is 11.8. The van der Waals surface area contributed by atoms with Crippen molar-refractivity contribution in [2.45, 2.75) is 13.0 Å². The summed E-state index contributed by atoms with van der Waals surface area (Å²) in [5.74, 6) is 0. The van der Waals surface area contributed by atoms with Crippen LogP contribution in [0.2, 0.25) is 10.0 Å². The van der Waals surface area contributed by atoms with Crippen LogP contribution in [0.3, 0.4) is 0 Å². The first-order valence-corrected chi connectivity index (χ1v) is 6.83. The Balaban J connectivity index is 2.37. The Bertz CT molecular complexity index is 525. The van der Waals surface area contributed by atoms with Crippen molar-refractivity contribution in [2.75, 3.05) is 7.05 Å². The van der Waals surface area contributed by atoms with Crippen LogP contribution in [0.1, 0.15) is 18.7 Å². The molecule has 0 aliphatic rings. The molecule has 0 amide bonds. The number of nitrogens with zero attached hydrogens (tertiary/aromatic N) is 1. The van der Waals surface area contributed by atoms with Crippen LogP contribution in [0.5, 0.6) is 0 Å². The van der Waals surface area contributed by atoms with Gasteiger partial charge in [0, 0.05) is 22.0 Å². The van der Waals surface area contributed by atoms with E-state index >= 15 is 0 Å². The van der Waals surface area contributed by atoms with E-state index in [9.17, 15) is 0 Å². The summed E-state index contributed by atoms with van der Waals surface area (Å²) in [6.07, 6.45) is 0. The molecule has 1 N–H and O–H groups in total. The lowest BCUT2D eigenvalue weighted by molar-refractivity contribution is 0.637. The van der Waals surface area contributed by atoms with E-state index in [1.54, 1.807) is 17.4 Å². The van der Waals surface area contributed by atoms with Crippen LogP contribution in [-0.2, 0) is 0 Å². The lowest BCUT2D eigenvalue weighted by Gasteiger charge is -2.05. The van der Waals surface area contributed by atoms with Crippen molar-refractivity contribution >= 4 is 34.5 Å². The molecule has 0 saturated heterocycles. The molecule has 0 aliphatic heterocycles. The van der Waals surface area contributed by atoms with Crippen molar-refractivity contribution < 1.29 is 0 Å². The van der Waals surface area contributed by atoms with Crippen LogP contribution in [0.25, 0.3) is 10.6 Å². The van der Waals surface area contributed by atoms with Gasteiger partial charge in [-0.05, 0) is 32.2 Å². The summed E-state index contributed by atoms with van der Waals surface area (Å²) in [7, 11) is 1.92. The van der Waals surface area contributed by atoms with Gasteiger partial charge in [0.15, 0.2) is 0 Å². The minimum Gasteiger partial charge on any atom is -0.312 e. The SMILES string of the molecule is CNC(C)c1csc(-c2ccc(Cl)cc2Cl)n1. The quantitative estimate of drug-likeness (QED) is 0.905. The summed E-state index contributed by atoms with van der Waals surface area (Å²) >= 11 is 13.6. The van der Waals surface area contributed by atoms with Gasteiger partial charge in [-0.3, -0.25) is 0 Å². The Morgan fingerprint density at radius 1 is 1.35 bits per heavy atom. The molecule has 2 rings (SSSR count). The summed E-state index contributed by atoms with van der Waals surface area (Å²) in [4.78, 5) is 4.57. The molecule has 0 radical (unpaired) electrons. The van der Waals surface area contributed by atoms with Gasteiger partial charge in [0.2, 0.25) is 0 Å². The molecule has 5 heteroatoms.